The number of carbonyl (C=O) groups excluding carboxylic acids is 1. The first-order valence-electron chi connectivity index (χ1n) is 6.61. The summed E-state index contributed by atoms with van der Waals surface area (Å²) in [6.07, 6.45) is 1.96. The number of benzene rings is 1. The predicted molar refractivity (Wildman–Crippen MR) is 85.6 cm³/mol. The van der Waals surface area contributed by atoms with Gasteiger partial charge in [-0.25, -0.2) is 9.59 Å². The average molecular weight is 310 g/mol. The van der Waals surface area contributed by atoms with Crippen molar-refractivity contribution < 1.29 is 14.7 Å². The summed E-state index contributed by atoms with van der Waals surface area (Å²) < 4.78 is -0.107. The van der Waals surface area contributed by atoms with Gasteiger partial charge in [0.2, 0.25) is 0 Å². The molecule has 2 amide bonds. The molecule has 1 aromatic carbocycles. The second-order valence-corrected chi connectivity index (χ2v) is 7.08. The maximum absolute atomic E-state index is 12.0. The highest BCUT2D eigenvalue weighted by Gasteiger charge is 2.37. The molecule has 6 heteroatoms. The SMILES string of the molecule is CSC(C)(C)CNC(=O)NC(C)(C(=O)O)c1ccccc1. The molecule has 1 atom stereocenters. The number of rotatable bonds is 6. The molecule has 0 aliphatic rings. The minimum Gasteiger partial charge on any atom is -0.479 e. The van der Waals surface area contributed by atoms with E-state index in [0.29, 0.717) is 12.1 Å². The molecular formula is C15H22N2O3S. The van der Waals surface area contributed by atoms with Crippen molar-refractivity contribution in [1.29, 1.82) is 0 Å². The summed E-state index contributed by atoms with van der Waals surface area (Å²) in [6.45, 7) is 5.94. The minimum absolute atomic E-state index is 0.107. The highest BCUT2D eigenvalue weighted by molar-refractivity contribution is 7.99. The number of nitrogens with one attached hydrogen (secondary N) is 2. The Morgan fingerprint density at radius 1 is 1.19 bits per heavy atom. The summed E-state index contributed by atoms with van der Waals surface area (Å²) in [4.78, 5) is 23.6. The van der Waals surface area contributed by atoms with Crippen LogP contribution < -0.4 is 10.6 Å². The molecule has 1 rings (SSSR count). The van der Waals surface area contributed by atoms with E-state index in [4.69, 9.17) is 0 Å². The Bertz CT molecular complexity index is 505. The van der Waals surface area contributed by atoms with Crippen molar-refractivity contribution in [1.82, 2.24) is 10.6 Å². The van der Waals surface area contributed by atoms with Crippen LogP contribution in [0.25, 0.3) is 0 Å². The summed E-state index contributed by atoms with van der Waals surface area (Å²) in [7, 11) is 0. The van der Waals surface area contributed by atoms with Crippen LogP contribution in [0.15, 0.2) is 30.3 Å². The number of urea groups is 1. The third-order valence-electron chi connectivity index (χ3n) is 3.37. The Balaban J connectivity index is 2.81. The van der Waals surface area contributed by atoms with Gasteiger partial charge in [-0.05, 0) is 32.6 Å². The fraction of sp³-hybridized carbons (Fsp3) is 0.467. The van der Waals surface area contributed by atoms with Crippen molar-refractivity contribution in [3.05, 3.63) is 35.9 Å². The van der Waals surface area contributed by atoms with Crippen molar-refractivity contribution in [2.45, 2.75) is 31.1 Å². The summed E-state index contributed by atoms with van der Waals surface area (Å²) in [5.74, 6) is -1.10. The molecule has 3 N–H and O–H groups in total. The van der Waals surface area contributed by atoms with E-state index in [1.165, 1.54) is 6.92 Å². The highest BCUT2D eigenvalue weighted by Crippen LogP contribution is 2.22. The normalized spacial score (nSPS) is 14.1. The molecule has 0 heterocycles. The number of hydrogen-bond acceptors (Lipinski definition) is 3. The summed E-state index contributed by atoms with van der Waals surface area (Å²) in [6, 6.07) is 8.15. The van der Waals surface area contributed by atoms with Gasteiger partial charge < -0.3 is 15.7 Å². The van der Waals surface area contributed by atoms with E-state index >= 15 is 0 Å². The van der Waals surface area contributed by atoms with Gasteiger partial charge in [0.05, 0.1) is 0 Å². The minimum atomic E-state index is -1.46. The lowest BCUT2D eigenvalue weighted by molar-refractivity contribution is -0.144. The van der Waals surface area contributed by atoms with Gasteiger partial charge in [-0.2, -0.15) is 11.8 Å². The number of thioether (sulfide) groups is 1. The molecule has 0 spiro atoms. The predicted octanol–water partition coefficient (Wildman–Crippen LogP) is 2.43. The first kappa shape index (κ1) is 17.4. The quantitative estimate of drug-likeness (QED) is 0.754. The van der Waals surface area contributed by atoms with Crippen LogP contribution in [0.4, 0.5) is 4.79 Å². The van der Waals surface area contributed by atoms with Gasteiger partial charge in [-0.15, -0.1) is 0 Å². The number of carboxylic acids is 1. The third-order valence-corrected chi connectivity index (χ3v) is 4.62. The van der Waals surface area contributed by atoms with E-state index in [1.54, 1.807) is 42.1 Å². The average Bonchev–Trinajstić information content (AvgIpc) is 2.46. The van der Waals surface area contributed by atoms with Crippen LogP contribution in [0.5, 0.6) is 0 Å². The molecule has 5 nitrogen and oxygen atoms in total. The topological polar surface area (TPSA) is 78.4 Å². The Kier molecular flexibility index (Phi) is 5.66. The van der Waals surface area contributed by atoms with E-state index in [9.17, 15) is 14.7 Å². The van der Waals surface area contributed by atoms with Crippen molar-refractivity contribution in [3.63, 3.8) is 0 Å². The van der Waals surface area contributed by atoms with Gasteiger partial charge in [0, 0.05) is 11.3 Å². The largest absolute Gasteiger partial charge is 0.479 e. The van der Waals surface area contributed by atoms with Crippen molar-refractivity contribution in [2.24, 2.45) is 0 Å². The molecular weight excluding hydrogens is 288 g/mol. The smallest absolute Gasteiger partial charge is 0.333 e. The van der Waals surface area contributed by atoms with Crippen LogP contribution in [0.1, 0.15) is 26.3 Å². The first-order valence-corrected chi connectivity index (χ1v) is 7.84. The molecule has 0 fully saturated rings. The van der Waals surface area contributed by atoms with Crippen molar-refractivity contribution >= 4 is 23.8 Å². The second kappa shape index (κ2) is 6.85. The summed E-state index contributed by atoms with van der Waals surface area (Å²) in [5, 5.41) is 14.7. The summed E-state index contributed by atoms with van der Waals surface area (Å²) in [5.41, 5.74) is -0.939. The molecule has 1 unspecified atom stereocenters. The Hall–Kier alpha value is -1.69. The maximum Gasteiger partial charge on any atom is 0.333 e. The standard InChI is InChI=1S/C15H22N2O3S/c1-14(2,21-4)10-16-13(20)17-15(3,12(18)19)11-8-6-5-7-9-11/h5-9H,10H2,1-4H3,(H,18,19)(H2,16,17,20). The fourth-order valence-corrected chi connectivity index (χ4v) is 1.87. The van der Waals surface area contributed by atoms with E-state index in [2.05, 4.69) is 10.6 Å². The molecule has 0 radical (unpaired) electrons. The molecule has 116 valence electrons. The zero-order valence-corrected chi connectivity index (χ0v) is 13.6. The highest BCUT2D eigenvalue weighted by atomic mass is 32.2. The van der Waals surface area contributed by atoms with E-state index in [1.807, 2.05) is 20.1 Å². The molecule has 0 aliphatic heterocycles. The van der Waals surface area contributed by atoms with Crippen LogP contribution in [0, 0.1) is 0 Å². The zero-order valence-electron chi connectivity index (χ0n) is 12.8. The molecule has 0 bridgehead atoms. The van der Waals surface area contributed by atoms with Crippen LogP contribution in [-0.2, 0) is 10.3 Å². The molecule has 0 aromatic heterocycles. The van der Waals surface area contributed by atoms with Gasteiger partial charge >= 0.3 is 12.0 Å². The Morgan fingerprint density at radius 2 is 1.76 bits per heavy atom. The number of amides is 2. The van der Waals surface area contributed by atoms with Gasteiger partial charge in [0.25, 0.3) is 0 Å². The monoisotopic (exact) mass is 310 g/mol. The molecule has 1 aromatic rings. The van der Waals surface area contributed by atoms with Gasteiger partial charge in [-0.3, -0.25) is 0 Å². The van der Waals surface area contributed by atoms with Gasteiger partial charge in [0.15, 0.2) is 5.54 Å². The first-order chi connectivity index (χ1) is 9.71. The van der Waals surface area contributed by atoms with E-state index in [-0.39, 0.29) is 4.75 Å². The van der Waals surface area contributed by atoms with Crippen molar-refractivity contribution in [2.75, 3.05) is 12.8 Å². The molecule has 0 saturated carbocycles. The molecule has 21 heavy (non-hydrogen) atoms. The number of carboxylic acid groups (broad SMARTS) is 1. The Morgan fingerprint density at radius 3 is 2.24 bits per heavy atom. The van der Waals surface area contributed by atoms with Gasteiger partial charge in [0.1, 0.15) is 0 Å². The third kappa shape index (κ3) is 4.67. The molecule has 0 aliphatic carbocycles. The lowest BCUT2D eigenvalue weighted by Crippen LogP contribution is -2.54. The lowest BCUT2D eigenvalue weighted by atomic mass is 9.92. The number of aliphatic carboxylic acids is 1. The fourth-order valence-electron chi connectivity index (χ4n) is 1.66. The zero-order chi connectivity index (χ0) is 16.1. The molecule has 0 saturated heterocycles. The number of carbonyl (C=O) groups is 2. The second-order valence-electron chi connectivity index (χ2n) is 5.57. The maximum atomic E-state index is 12.0. The van der Waals surface area contributed by atoms with Crippen molar-refractivity contribution in [3.8, 4) is 0 Å². The summed E-state index contributed by atoms with van der Waals surface area (Å²) >= 11 is 1.63. The number of hydrogen-bond donors (Lipinski definition) is 3. The van der Waals surface area contributed by atoms with E-state index < -0.39 is 17.5 Å². The van der Waals surface area contributed by atoms with Crippen LogP contribution in [0.2, 0.25) is 0 Å². The van der Waals surface area contributed by atoms with Crippen LogP contribution in [-0.4, -0.2) is 34.7 Å². The Labute approximate surface area is 129 Å². The van der Waals surface area contributed by atoms with Crippen LogP contribution >= 0.6 is 11.8 Å². The van der Waals surface area contributed by atoms with E-state index in [0.717, 1.165) is 0 Å². The van der Waals surface area contributed by atoms with Gasteiger partial charge in [-0.1, -0.05) is 30.3 Å². The van der Waals surface area contributed by atoms with Crippen LogP contribution in [0.3, 0.4) is 0 Å². The lowest BCUT2D eigenvalue weighted by Gasteiger charge is -2.28.